The molecule has 0 bridgehead atoms. The number of benzene rings is 2. The maximum Gasteiger partial charge on any atom is 0.231 e. The minimum absolute atomic E-state index is 0.453. The molecule has 0 radical (unpaired) electrons. The first kappa shape index (κ1) is 17.2. The molecule has 0 amide bonds. The fraction of sp³-hybridized carbons (Fsp3) is 0.0667. The van der Waals surface area contributed by atoms with Crippen molar-refractivity contribution in [3.05, 3.63) is 59.7 Å². The van der Waals surface area contributed by atoms with Crippen LogP contribution in [-0.4, -0.2) is 20.6 Å². The maximum atomic E-state index is 12.3. The lowest BCUT2D eigenvalue weighted by molar-refractivity contribution is 0.562. The molecule has 0 fully saturated rings. The molecular formula is C15H12N2O4S. The van der Waals surface area contributed by atoms with Gasteiger partial charge >= 0.3 is 0 Å². The van der Waals surface area contributed by atoms with Gasteiger partial charge < -0.3 is 0 Å². The van der Waals surface area contributed by atoms with Gasteiger partial charge in [0.05, 0.1) is 9.79 Å². The summed E-state index contributed by atoms with van der Waals surface area (Å²) in [6, 6.07) is 14.4. The van der Waals surface area contributed by atoms with Crippen molar-refractivity contribution in [1.29, 1.82) is 10.8 Å². The van der Waals surface area contributed by atoms with Gasteiger partial charge in [0.2, 0.25) is 22.0 Å². The smallest absolute Gasteiger partial charge is 0.222 e. The van der Waals surface area contributed by atoms with E-state index in [-0.39, 0.29) is 0 Å². The van der Waals surface area contributed by atoms with Crippen LogP contribution in [0.15, 0.2) is 58.3 Å². The van der Waals surface area contributed by atoms with Crippen LogP contribution in [0.5, 0.6) is 0 Å². The topological polar surface area (TPSA) is 116 Å². The van der Waals surface area contributed by atoms with Crippen LogP contribution in [0.4, 0.5) is 0 Å². The number of isocyanates is 2. The second-order valence-electron chi connectivity index (χ2n) is 4.10. The predicted molar refractivity (Wildman–Crippen MR) is 78.0 cm³/mol. The number of fused-ring (bicyclic) bond motifs is 2. The zero-order valence-corrected chi connectivity index (χ0v) is 12.2. The molecule has 7 heteroatoms. The number of nitrogens with one attached hydrogen (secondary N) is 2. The summed E-state index contributed by atoms with van der Waals surface area (Å²) in [6.45, 7) is 0. The summed E-state index contributed by atoms with van der Waals surface area (Å²) >= 11 is 0. The van der Waals surface area contributed by atoms with Gasteiger partial charge in [-0.3, -0.25) is 0 Å². The van der Waals surface area contributed by atoms with E-state index >= 15 is 0 Å². The molecule has 0 saturated heterocycles. The Labute approximate surface area is 127 Å². The molecule has 1 aliphatic rings. The summed E-state index contributed by atoms with van der Waals surface area (Å²) in [5.41, 5.74) is 1.78. The summed E-state index contributed by atoms with van der Waals surface area (Å²) < 4.78 is 24.6. The monoisotopic (exact) mass is 316 g/mol. The highest BCUT2D eigenvalue weighted by atomic mass is 32.2. The molecule has 0 spiro atoms. The van der Waals surface area contributed by atoms with Crippen LogP contribution in [0.1, 0.15) is 11.1 Å². The normalized spacial score (nSPS) is 12.5. The van der Waals surface area contributed by atoms with E-state index in [2.05, 4.69) is 0 Å². The van der Waals surface area contributed by atoms with Gasteiger partial charge in [-0.1, -0.05) is 36.4 Å². The summed E-state index contributed by atoms with van der Waals surface area (Å²) in [5, 5.41) is 10.8. The first-order chi connectivity index (χ1) is 10.5. The molecule has 0 saturated carbocycles. The standard InChI is InChI=1S/C13H10O2S.2CHNO/c14-16(15)12-7-3-1-5-10(12)9-11-6-2-4-8-13(11)16;2*2-1-3/h1-8H,9H2;2*2H. The highest BCUT2D eigenvalue weighted by Gasteiger charge is 2.28. The average Bonchev–Trinajstić information content (AvgIpc) is 2.49. The Balaban J connectivity index is 0.000000353. The van der Waals surface area contributed by atoms with Crippen molar-refractivity contribution in [3.8, 4) is 0 Å². The van der Waals surface area contributed by atoms with Crippen molar-refractivity contribution in [2.75, 3.05) is 0 Å². The van der Waals surface area contributed by atoms with Crippen LogP contribution in [-0.2, 0) is 25.8 Å². The number of hydrogen-bond donors (Lipinski definition) is 2. The first-order valence-corrected chi connectivity index (χ1v) is 7.49. The largest absolute Gasteiger partial charge is 0.231 e. The Morgan fingerprint density at radius 2 is 1.09 bits per heavy atom. The number of hydrogen-bond acceptors (Lipinski definition) is 6. The summed E-state index contributed by atoms with van der Waals surface area (Å²) in [4.78, 5) is 17.6. The summed E-state index contributed by atoms with van der Waals surface area (Å²) in [6.07, 6.45) is 2.20. The lowest BCUT2D eigenvalue weighted by Gasteiger charge is -2.19. The van der Waals surface area contributed by atoms with Crippen LogP contribution in [0, 0.1) is 10.8 Å². The minimum atomic E-state index is -3.30. The number of rotatable bonds is 0. The lowest BCUT2D eigenvalue weighted by Crippen LogP contribution is -2.14. The fourth-order valence-electron chi connectivity index (χ4n) is 2.15. The van der Waals surface area contributed by atoms with Crippen LogP contribution in [0.3, 0.4) is 0 Å². The van der Waals surface area contributed by atoms with Crippen molar-refractivity contribution >= 4 is 22.0 Å². The van der Waals surface area contributed by atoms with Gasteiger partial charge in [-0.15, -0.1) is 0 Å². The van der Waals surface area contributed by atoms with Gasteiger partial charge in [-0.2, -0.15) is 0 Å². The van der Waals surface area contributed by atoms with Gasteiger partial charge in [0.1, 0.15) is 0 Å². The van der Waals surface area contributed by atoms with Gasteiger partial charge in [0.25, 0.3) is 0 Å². The van der Waals surface area contributed by atoms with Crippen molar-refractivity contribution < 1.29 is 18.0 Å². The van der Waals surface area contributed by atoms with Crippen molar-refractivity contribution in [2.24, 2.45) is 0 Å². The second kappa shape index (κ2) is 7.81. The SMILES string of the molecule is N=C=O.N=C=O.O=S1(=O)c2ccccc2Cc2ccccc21. The molecular weight excluding hydrogens is 304 g/mol. The van der Waals surface area contributed by atoms with Crippen LogP contribution in [0.25, 0.3) is 0 Å². The number of carbonyl (C=O) groups excluding carboxylic acids is 2. The van der Waals surface area contributed by atoms with E-state index in [0.29, 0.717) is 16.2 Å². The molecule has 0 aliphatic carbocycles. The number of sulfone groups is 1. The Kier molecular flexibility index (Phi) is 6.10. The first-order valence-electron chi connectivity index (χ1n) is 6.01. The van der Waals surface area contributed by atoms with Gasteiger partial charge in [-0.05, 0) is 23.3 Å². The molecule has 6 nitrogen and oxygen atoms in total. The maximum absolute atomic E-state index is 12.3. The molecule has 1 heterocycles. The highest BCUT2D eigenvalue weighted by molar-refractivity contribution is 7.91. The third kappa shape index (κ3) is 3.62. The minimum Gasteiger partial charge on any atom is -0.222 e. The van der Waals surface area contributed by atoms with Crippen molar-refractivity contribution in [2.45, 2.75) is 16.2 Å². The molecule has 1 aliphatic heterocycles. The van der Waals surface area contributed by atoms with Crippen LogP contribution >= 0.6 is 0 Å². The zero-order chi connectivity index (χ0) is 16.6. The van der Waals surface area contributed by atoms with Crippen LogP contribution in [0.2, 0.25) is 0 Å². The van der Waals surface area contributed by atoms with E-state index < -0.39 is 9.84 Å². The zero-order valence-electron chi connectivity index (χ0n) is 11.4. The molecule has 0 atom stereocenters. The van der Waals surface area contributed by atoms with Gasteiger partial charge in [-0.25, -0.2) is 28.8 Å². The Morgan fingerprint density at radius 1 is 0.773 bits per heavy atom. The van der Waals surface area contributed by atoms with E-state index in [1.54, 1.807) is 24.3 Å². The lowest BCUT2D eigenvalue weighted by atomic mass is 10.0. The van der Waals surface area contributed by atoms with E-state index in [4.69, 9.17) is 20.4 Å². The molecule has 22 heavy (non-hydrogen) atoms. The Bertz CT molecular complexity index is 769. The molecule has 2 aromatic rings. The average molecular weight is 316 g/mol. The van der Waals surface area contributed by atoms with E-state index in [0.717, 1.165) is 23.3 Å². The molecule has 2 aromatic carbocycles. The van der Waals surface area contributed by atoms with Gasteiger partial charge in [0, 0.05) is 6.42 Å². The third-order valence-corrected chi connectivity index (χ3v) is 4.86. The quantitative estimate of drug-likeness (QED) is 0.488. The van der Waals surface area contributed by atoms with Crippen molar-refractivity contribution in [1.82, 2.24) is 0 Å². The molecule has 0 unspecified atom stereocenters. The second-order valence-corrected chi connectivity index (χ2v) is 5.99. The molecule has 3 rings (SSSR count). The van der Waals surface area contributed by atoms with Crippen molar-refractivity contribution in [3.63, 3.8) is 0 Å². The molecule has 112 valence electrons. The van der Waals surface area contributed by atoms with E-state index in [1.165, 1.54) is 0 Å². The Hall–Kier alpha value is -2.85. The third-order valence-electron chi connectivity index (χ3n) is 2.91. The van der Waals surface area contributed by atoms with Gasteiger partial charge in [0.15, 0.2) is 0 Å². The molecule has 2 N–H and O–H groups in total. The Morgan fingerprint density at radius 3 is 1.45 bits per heavy atom. The van der Waals surface area contributed by atoms with E-state index in [9.17, 15) is 8.42 Å². The predicted octanol–water partition coefficient (Wildman–Crippen LogP) is 2.23. The summed E-state index contributed by atoms with van der Waals surface area (Å²) in [7, 11) is -3.30. The summed E-state index contributed by atoms with van der Waals surface area (Å²) in [5.74, 6) is 0. The fourth-order valence-corrected chi connectivity index (χ4v) is 3.87. The van der Waals surface area contributed by atoms with E-state index in [1.807, 2.05) is 24.3 Å². The highest BCUT2D eigenvalue weighted by Crippen LogP contribution is 2.33. The molecule has 0 aromatic heterocycles. The van der Waals surface area contributed by atoms with Crippen LogP contribution < -0.4 is 0 Å².